The average Bonchev–Trinajstić information content (AvgIpc) is 2.56. The number of benzene rings is 1. The Kier molecular flexibility index (Phi) is 6.95. The maximum atomic E-state index is 12.0. The Morgan fingerprint density at radius 2 is 1.89 bits per heavy atom. The smallest absolute Gasteiger partial charge is 0.382 e. The van der Waals surface area contributed by atoms with Crippen molar-refractivity contribution in [3.63, 3.8) is 0 Å². The van der Waals surface area contributed by atoms with Gasteiger partial charge in [0.1, 0.15) is 23.5 Å². The second-order valence-electron chi connectivity index (χ2n) is 8.12. The second-order valence-corrected chi connectivity index (χ2v) is 8.12. The van der Waals surface area contributed by atoms with Gasteiger partial charge in [0.25, 0.3) is 0 Å². The van der Waals surface area contributed by atoms with Crippen LogP contribution in [0.3, 0.4) is 0 Å². The van der Waals surface area contributed by atoms with E-state index in [0.29, 0.717) is 16.7 Å². The summed E-state index contributed by atoms with van der Waals surface area (Å²) in [4.78, 5) is 12.0. The quantitative estimate of drug-likeness (QED) is 0.485. The third kappa shape index (κ3) is 6.19. The van der Waals surface area contributed by atoms with Gasteiger partial charge in [-0.25, -0.2) is 4.79 Å². The van der Waals surface area contributed by atoms with Crippen LogP contribution < -0.4 is 15.1 Å². The standard InChI is InChI=1S/C23H30O5/c1-15(2)8-7-9-16(3)12-13-26-21-18-11-10-17(28-23(4,5)6)14-19(18)27-22(25)20(21)24/h8,10-12,14,24H,7,9,13H2,1-6H3. The molecule has 2 aromatic rings. The molecule has 1 N–H and O–H groups in total. The van der Waals surface area contributed by atoms with Gasteiger partial charge in [-0.2, -0.15) is 0 Å². The molecule has 1 heterocycles. The molecule has 0 spiro atoms. The normalized spacial score (nSPS) is 12.1. The van der Waals surface area contributed by atoms with E-state index >= 15 is 0 Å². The van der Waals surface area contributed by atoms with Crippen LogP contribution in [0.25, 0.3) is 11.0 Å². The Bertz CT molecular complexity index is 938. The van der Waals surface area contributed by atoms with Crippen LogP contribution in [0.1, 0.15) is 54.4 Å². The van der Waals surface area contributed by atoms with Gasteiger partial charge in [-0.05, 0) is 72.6 Å². The molecule has 0 aliphatic heterocycles. The Morgan fingerprint density at radius 1 is 1.18 bits per heavy atom. The van der Waals surface area contributed by atoms with Gasteiger partial charge in [-0.3, -0.25) is 0 Å². The van der Waals surface area contributed by atoms with Crippen molar-refractivity contribution >= 4 is 11.0 Å². The predicted octanol–water partition coefficient (Wildman–Crippen LogP) is 5.75. The van der Waals surface area contributed by atoms with Crippen molar-refractivity contribution in [2.75, 3.05) is 6.61 Å². The minimum atomic E-state index is -0.834. The Labute approximate surface area is 166 Å². The molecule has 28 heavy (non-hydrogen) atoms. The molecule has 5 nitrogen and oxygen atoms in total. The van der Waals surface area contributed by atoms with Crippen LogP contribution in [0.4, 0.5) is 0 Å². The lowest BCUT2D eigenvalue weighted by atomic mass is 10.1. The molecule has 0 fully saturated rings. The van der Waals surface area contributed by atoms with Crippen molar-refractivity contribution in [3.05, 3.63) is 51.9 Å². The average molecular weight is 386 g/mol. The lowest BCUT2D eigenvalue weighted by Crippen LogP contribution is -2.22. The highest BCUT2D eigenvalue weighted by Gasteiger charge is 2.17. The number of ether oxygens (including phenoxy) is 2. The van der Waals surface area contributed by atoms with E-state index in [0.717, 1.165) is 12.8 Å². The molecule has 152 valence electrons. The van der Waals surface area contributed by atoms with Gasteiger partial charge in [0.2, 0.25) is 5.75 Å². The lowest BCUT2D eigenvalue weighted by molar-refractivity contribution is 0.131. The van der Waals surface area contributed by atoms with Gasteiger partial charge in [0.15, 0.2) is 5.75 Å². The van der Waals surface area contributed by atoms with E-state index in [1.54, 1.807) is 18.2 Å². The third-order valence-electron chi connectivity index (χ3n) is 3.98. The Balaban J connectivity index is 2.22. The van der Waals surface area contributed by atoms with Crippen LogP contribution in [-0.2, 0) is 0 Å². The first-order chi connectivity index (χ1) is 13.1. The van der Waals surface area contributed by atoms with Crippen LogP contribution in [0.2, 0.25) is 0 Å². The zero-order chi connectivity index (χ0) is 20.9. The minimum absolute atomic E-state index is 0.127. The van der Waals surface area contributed by atoms with Crippen molar-refractivity contribution < 1.29 is 19.0 Å². The van der Waals surface area contributed by atoms with Gasteiger partial charge in [0.05, 0.1) is 5.39 Å². The SMILES string of the molecule is CC(C)=CCCC(C)=CCOc1c(O)c(=O)oc2cc(OC(C)(C)C)ccc12. The molecule has 1 aromatic carbocycles. The largest absolute Gasteiger partial charge is 0.499 e. The van der Waals surface area contributed by atoms with E-state index in [1.807, 2.05) is 33.8 Å². The highest BCUT2D eigenvalue weighted by Crippen LogP contribution is 2.34. The summed E-state index contributed by atoms with van der Waals surface area (Å²) >= 11 is 0. The van der Waals surface area contributed by atoms with Crippen molar-refractivity contribution in [2.24, 2.45) is 0 Å². The number of allylic oxidation sites excluding steroid dienone is 3. The Hall–Kier alpha value is -2.69. The molecule has 0 aliphatic carbocycles. The molecule has 0 aliphatic rings. The van der Waals surface area contributed by atoms with E-state index in [1.165, 1.54) is 11.1 Å². The molecule has 0 saturated heterocycles. The maximum Gasteiger partial charge on any atom is 0.382 e. The molecule has 0 amide bonds. The van der Waals surface area contributed by atoms with E-state index in [9.17, 15) is 9.90 Å². The first-order valence-electron chi connectivity index (χ1n) is 9.47. The molecule has 5 heteroatoms. The fourth-order valence-corrected chi connectivity index (χ4v) is 2.66. The number of aromatic hydroxyl groups is 1. The van der Waals surface area contributed by atoms with Crippen LogP contribution in [0.15, 0.2) is 50.7 Å². The topological polar surface area (TPSA) is 68.9 Å². The van der Waals surface area contributed by atoms with Gasteiger partial charge in [0, 0.05) is 6.07 Å². The van der Waals surface area contributed by atoms with Gasteiger partial charge in [-0.1, -0.05) is 17.2 Å². The van der Waals surface area contributed by atoms with Crippen LogP contribution in [0.5, 0.6) is 17.2 Å². The van der Waals surface area contributed by atoms with Crippen molar-refractivity contribution in [3.8, 4) is 17.2 Å². The van der Waals surface area contributed by atoms with Gasteiger partial charge < -0.3 is 19.0 Å². The summed E-state index contributed by atoms with van der Waals surface area (Å²) in [6.07, 6.45) is 6.06. The summed E-state index contributed by atoms with van der Waals surface area (Å²) in [6.45, 7) is 12.3. The van der Waals surface area contributed by atoms with Crippen LogP contribution in [-0.4, -0.2) is 17.3 Å². The number of fused-ring (bicyclic) bond motifs is 1. The van der Waals surface area contributed by atoms with E-state index in [4.69, 9.17) is 13.9 Å². The molecule has 0 unspecified atom stereocenters. The number of hydrogen-bond acceptors (Lipinski definition) is 5. The highest BCUT2D eigenvalue weighted by atomic mass is 16.5. The van der Waals surface area contributed by atoms with E-state index in [2.05, 4.69) is 19.9 Å². The van der Waals surface area contributed by atoms with E-state index in [-0.39, 0.29) is 18.0 Å². The number of rotatable bonds is 7. The first kappa shape index (κ1) is 21.6. The molecule has 0 radical (unpaired) electrons. The molecule has 2 rings (SSSR count). The summed E-state index contributed by atoms with van der Waals surface area (Å²) in [7, 11) is 0. The predicted molar refractivity (Wildman–Crippen MR) is 112 cm³/mol. The monoisotopic (exact) mass is 386 g/mol. The van der Waals surface area contributed by atoms with Crippen molar-refractivity contribution in [1.82, 2.24) is 0 Å². The van der Waals surface area contributed by atoms with Crippen LogP contribution >= 0.6 is 0 Å². The van der Waals surface area contributed by atoms with E-state index < -0.39 is 11.4 Å². The maximum absolute atomic E-state index is 12.0. The molecule has 0 atom stereocenters. The fourth-order valence-electron chi connectivity index (χ4n) is 2.66. The summed E-state index contributed by atoms with van der Waals surface area (Å²) in [5, 5.41) is 10.7. The first-order valence-corrected chi connectivity index (χ1v) is 9.47. The summed E-state index contributed by atoms with van der Waals surface area (Å²) in [5.74, 6) is 0.185. The van der Waals surface area contributed by atoms with Crippen molar-refractivity contribution in [1.29, 1.82) is 0 Å². The highest BCUT2D eigenvalue weighted by molar-refractivity contribution is 5.86. The Morgan fingerprint density at radius 3 is 2.54 bits per heavy atom. The second kappa shape index (κ2) is 9.00. The lowest BCUT2D eigenvalue weighted by Gasteiger charge is -2.21. The van der Waals surface area contributed by atoms with Crippen molar-refractivity contribution in [2.45, 2.75) is 60.0 Å². The van der Waals surface area contributed by atoms with Gasteiger partial charge >= 0.3 is 5.63 Å². The number of hydrogen-bond donors (Lipinski definition) is 1. The third-order valence-corrected chi connectivity index (χ3v) is 3.98. The zero-order valence-electron chi connectivity index (χ0n) is 17.6. The fraction of sp³-hybridized carbons (Fsp3) is 0.435. The van der Waals surface area contributed by atoms with Crippen LogP contribution in [0, 0.1) is 0 Å². The molecule has 0 saturated carbocycles. The summed E-state index contributed by atoms with van der Waals surface area (Å²) in [6, 6.07) is 5.12. The zero-order valence-corrected chi connectivity index (χ0v) is 17.6. The molecule has 0 bridgehead atoms. The minimum Gasteiger partial charge on any atom is -0.499 e. The molecular formula is C23H30O5. The summed E-state index contributed by atoms with van der Waals surface area (Å²) in [5.41, 5.74) is 1.58. The molecule has 1 aromatic heterocycles. The summed E-state index contributed by atoms with van der Waals surface area (Å²) < 4.78 is 16.7. The molecular weight excluding hydrogens is 356 g/mol. The van der Waals surface area contributed by atoms with Gasteiger partial charge in [-0.15, -0.1) is 0 Å².